The van der Waals surface area contributed by atoms with Crippen molar-refractivity contribution in [3.05, 3.63) is 36.0 Å². The van der Waals surface area contributed by atoms with E-state index in [4.69, 9.17) is 5.84 Å². The van der Waals surface area contributed by atoms with E-state index in [1.165, 1.54) is 0 Å². The van der Waals surface area contributed by atoms with Crippen LogP contribution in [0.5, 0.6) is 0 Å². The number of rotatable bonds is 5. The van der Waals surface area contributed by atoms with Gasteiger partial charge in [-0.3, -0.25) is 10.6 Å². The number of anilines is 1. The molecule has 1 amide bonds. The molecular weight excluding hydrogens is 284 g/mol. The quantitative estimate of drug-likeness (QED) is 0.582. The minimum absolute atomic E-state index is 0.155. The van der Waals surface area contributed by atoms with E-state index >= 15 is 0 Å². The summed E-state index contributed by atoms with van der Waals surface area (Å²) in [5.41, 5.74) is 4.48. The Labute approximate surface area is 127 Å². The summed E-state index contributed by atoms with van der Waals surface area (Å²) in [4.78, 5) is 16.7. The number of nitrogens with zero attached hydrogens (tertiary/aromatic N) is 1. The van der Waals surface area contributed by atoms with Gasteiger partial charge in [0.1, 0.15) is 5.69 Å². The zero-order valence-electron chi connectivity index (χ0n) is 11.8. The number of carbonyl (C=O) groups is 1. The number of carbonyl (C=O) groups excluding carboxylic acids is 1. The first-order chi connectivity index (χ1) is 10.2. The van der Waals surface area contributed by atoms with Gasteiger partial charge < -0.3 is 10.7 Å². The van der Waals surface area contributed by atoms with E-state index in [1.807, 2.05) is 36.0 Å². The van der Waals surface area contributed by atoms with E-state index in [-0.39, 0.29) is 10.7 Å². The summed E-state index contributed by atoms with van der Waals surface area (Å²) < 4.78 is 0.238. The lowest BCUT2D eigenvalue weighted by molar-refractivity contribution is 0.0948. The Morgan fingerprint density at radius 1 is 1.43 bits per heavy atom. The van der Waals surface area contributed by atoms with Gasteiger partial charge in [-0.15, -0.1) is 0 Å². The van der Waals surface area contributed by atoms with Crippen molar-refractivity contribution in [1.82, 2.24) is 10.3 Å². The summed E-state index contributed by atoms with van der Waals surface area (Å²) in [5, 5.41) is 3.88. The molecule has 1 aliphatic carbocycles. The average Bonchev–Trinajstić information content (AvgIpc) is 3.32. The summed E-state index contributed by atoms with van der Waals surface area (Å²) in [6, 6.07) is 9.30. The number of pyridine rings is 1. The third-order valence-corrected chi connectivity index (χ3v) is 5.33. The number of nitrogen functional groups attached to an aromatic ring is 1. The minimum atomic E-state index is -0.155. The molecule has 3 rings (SSSR count). The first kappa shape index (κ1) is 14.2. The molecule has 1 aromatic carbocycles. The van der Waals surface area contributed by atoms with Gasteiger partial charge in [0, 0.05) is 16.7 Å². The highest BCUT2D eigenvalue weighted by Crippen LogP contribution is 2.46. The van der Waals surface area contributed by atoms with Crippen molar-refractivity contribution in [2.75, 3.05) is 18.2 Å². The monoisotopic (exact) mass is 302 g/mol. The number of fused-ring (bicyclic) bond motifs is 1. The normalized spacial score (nSPS) is 15.7. The number of para-hydroxylation sites is 1. The molecule has 0 atom stereocenters. The fourth-order valence-electron chi connectivity index (χ4n) is 2.34. The molecule has 1 heterocycles. The van der Waals surface area contributed by atoms with Crippen LogP contribution < -0.4 is 16.6 Å². The first-order valence-corrected chi connectivity index (χ1v) is 8.10. The number of benzene rings is 1. The van der Waals surface area contributed by atoms with Crippen LogP contribution in [0.2, 0.25) is 0 Å². The molecule has 1 aromatic heterocycles. The Bertz CT molecular complexity index is 684. The molecule has 0 aliphatic heterocycles. The SMILES string of the molecule is CSC1(CNC(=O)c2cc(NN)c3ccccc3n2)CC1. The van der Waals surface area contributed by atoms with Crippen molar-refractivity contribution in [3.8, 4) is 0 Å². The van der Waals surface area contributed by atoms with Crippen LogP contribution in [0.25, 0.3) is 10.9 Å². The maximum absolute atomic E-state index is 12.3. The van der Waals surface area contributed by atoms with Gasteiger partial charge in [-0.25, -0.2) is 4.98 Å². The molecule has 0 saturated heterocycles. The van der Waals surface area contributed by atoms with Gasteiger partial charge in [0.15, 0.2) is 0 Å². The molecule has 0 spiro atoms. The zero-order valence-corrected chi connectivity index (χ0v) is 12.7. The Hall–Kier alpha value is -1.79. The van der Waals surface area contributed by atoms with Crippen LogP contribution in [0.3, 0.4) is 0 Å². The van der Waals surface area contributed by atoms with E-state index in [0.29, 0.717) is 17.9 Å². The third kappa shape index (κ3) is 2.82. The minimum Gasteiger partial charge on any atom is -0.349 e. The van der Waals surface area contributed by atoms with Crippen LogP contribution >= 0.6 is 11.8 Å². The van der Waals surface area contributed by atoms with Crippen LogP contribution in [-0.2, 0) is 0 Å². The second-order valence-corrected chi connectivity index (χ2v) is 6.56. The van der Waals surface area contributed by atoms with E-state index in [9.17, 15) is 4.79 Å². The van der Waals surface area contributed by atoms with Crippen molar-refractivity contribution in [2.45, 2.75) is 17.6 Å². The third-order valence-electron chi connectivity index (χ3n) is 3.92. The smallest absolute Gasteiger partial charge is 0.270 e. The summed E-state index contributed by atoms with van der Waals surface area (Å²) in [5.74, 6) is 5.39. The number of nitrogens with two attached hydrogens (primary N) is 1. The number of thioether (sulfide) groups is 1. The van der Waals surface area contributed by atoms with Gasteiger partial charge in [-0.2, -0.15) is 11.8 Å². The fraction of sp³-hybridized carbons (Fsp3) is 0.333. The largest absolute Gasteiger partial charge is 0.349 e. The van der Waals surface area contributed by atoms with E-state index in [0.717, 1.165) is 23.7 Å². The average molecular weight is 302 g/mol. The second kappa shape index (κ2) is 5.54. The molecule has 1 fully saturated rings. The molecule has 5 nitrogen and oxygen atoms in total. The number of aromatic nitrogens is 1. The van der Waals surface area contributed by atoms with Crippen LogP contribution in [-0.4, -0.2) is 28.4 Å². The molecule has 1 saturated carbocycles. The van der Waals surface area contributed by atoms with Gasteiger partial charge in [-0.1, -0.05) is 18.2 Å². The highest BCUT2D eigenvalue weighted by molar-refractivity contribution is 8.00. The van der Waals surface area contributed by atoms with Gasteiger partial charge >= 0.3 is 0 Å². The molecule has 0 unspecified atom stereocenters. The van der Waals surface area contributed by atoms with Crippen LogP contribution in [0.4, 0.5) is 5.69 Å². The number of hydrogen-bond acceptors (Lipinski definition) is 5. The fourth-order valence-corrected chi connectivity index (χ4v) is 3.06. The molecule has 2 aromatic rings. The molecule has 110 valence electrons. The lowest BCUT2D eigenvalue weighted by atomic mass is 10.1. The molecule has 1 aliphatic rings. The van der Waals surface area contributed by atoms with Gasteiger partial charge in [-0.05, 0) is 31.2 Å². The molecular formula is C15H18N4OS. The molecule has 4 N–H and O–H groups in total. The van der Waals surface area contributed by atoms with E-state index in [2.05, 4.69) is 22.0 Å². The predicted octanol–water partition coefficient (Wildman–Crippen LogP) is 2.15. The Balaban J connectivity index is 1.84. The second-order valence-electron chi connectivity index (χ2n) is 5.29. The van der Waals surface area contributed by atoms with Gasteiger partial charge in [0.2, 0.25) is 0 Å². The highest BCUT2D eigenvalue weighted by atomic mass is 32.2. The Morgan fingerprint density at radius 2 is 2.19 bits per heavy atom. The topological polar surface area (TPSA) is 80.0 Å². The number of hydrogen-bond donors (Lipinski definition) is 3. The van der Waals surface area contributed by atoms with Crippen molar-refractivity contribution in [2.24, 2.45) is 5.84 Å². The van der Waals surface area contributed by atoms with Crippen LogP contribution in [0.1, 0.15) is 23.3 Å². The summed E-state index contributed by atoms with van der Waals surface area (Å²) in [7, 11) is 0. The van der Waals surface area contributed by atoms with Crippen molar-refractivity contribution in [1.29, 1.82) is 0 Å². The highest BCUT2D eigenvalue weighted by Gasteiger charge is 2.42. The molecule has 0 bridgehead atoms. The standard InChI is InChI=1S/C15H18N4OS/c1-21-15(6-7-15)9-17-14(20)13-8-12(19-16)10-4-2-3-5-11(10)18-13/h2-5,8H,6-7,9,16H2,1H3,(H,17,20)(H,18,19). The lowest BCUT2D eigenvalue weighted by Gasteiger charge is -2.13. The summed E-state index contributed by atoms with van der Waals surface area (Å²) in [6.45, 7) is 0.687. The van der Waals surface area contributed by atoms with Crippen molar-refractivity contribution < 1.29 is 4.79 Å². The molecule has 0 radical (unpaired) electrons. The maximum atomic E-state index is 12.3. The maximum Gasteiger partial charge on any atom is 0.270 e. The number of amides is 1. The Morgan fingerprint density at radius 3 is 2.86 bits per heavy atom. The van der Waals surface area contributed by atoms with Crippen molar-refractivity contribution >= 4 is 34.3 Å². The number of nitrogens with one attached hydrogen (secondary N) is 2. The molecule has 21 heavy (non-hydrogen) atoms. The summed E-state index contributed by atoms with van der Waals surface area (Å²) >= 11 is 1.82. The summed E-state index contributed by atoms with van der Waals surface area (Å²) in [6.07, 6.45) is 4.41. The van der Waals surface area contributed by atoms with E-state index < -0.39 is 0 Å². The predicted molar refractivity (Wildman–Crippen MR) is 87.4 cm³/mol. The van der Waals surface area contributed by atoms with Gasteiger partial charge in [0.25, 0.3) is 5.91 Å². The van der Waals surface area contributed by atoms with Crippen LogP contribution in [0.15, 0.2) is 30.3 Å². The lowest BCUT2D eigenvalue weighted by Crippen LogP contribution is -2.32. The van der Waals surface area contributed by atoms with Gasteiger partial charge in [0.05, 0.1) is 11.2 Å². The van der Waals surface area contributed by atoms with Crippen LogP contribution in [0, 0.1) is 0 Å². The number of hydrazine groups is 1. The molecule has 6 heteroatoms. The first-order valence-electron chi connectivity index (χ1n) is 6.87. The van der Waals surface area contributed by atoms with Crippen molar-refractivity contribution in [3.63, 3.8) is 0 Å². The Kier molecular flexibility index (Phi) is 3.73. The zero-order chi connectivity index (χ0) is 14.9. The van der Waals surface area contributed by atoms with E-state index in [1.54, 1.807) is 6.07 Å².